The summed E-state index contributed by atoms with van der Waals surface area (Å²) >= 11 is 0. The van der Waals surface area contributed by atoms with Crippen molar-refractivity contribution in [1.29, 1.82) is 0 Å². The van der Waals surface area contributed by atoms with E-state index in [1.165, 1.54) is 32.1 Å². The van der Waals surface area contributed by atoms with E-state index >= 15 is 0 Å². The van der Waals surface area contributed by atoms with E-state index in [4.69, 9.17) is 0 Å². The molecular weight excluding hydrogens is 252 g/mol. The largest absolute Gasteiger partial charge is 0.0651 e. The molecule has 2 aliphatic rings. The van der Waals surface area contributed by atoms with Crippen LogP contribution in [0.15, 0.2) is 0 Å². The van der Waals surface area contributed by atoms with Crippen molar-refractivity contribution in [3.8, 4) is 0 Å². The molecule has 0 heterocycles. The molecule has 2 bridgehead atoms. The maximum absolute atomic E-state index is 2.61. The van der Waals surface area contributed by atoms with E-state index in [0.717, 1.165) is 35.5 Å². The molecule has 2 fully saturated rings. The van der Waals surface area contributed by atoms with E-state index in [0.29, 0.717) is 10.8 Å². The molecule has 0 aliphatic heterocycles. The topological polar surface area (TPSA) is 0 Å². The van der Waals surface area contributed by atoms with E-state index in [1.807, 2.05) is 0 Å². The van der Waals surface area contributed by atoms with Gasteiger partial charge in [-0.05, 0) is 65.6 Å². The molecule has 0 spiro atoms. The highest BCUT2D eigenvalue weighted by Crippen LogP contribution is 2.63. The smallest absolute Gasteiger partial charge is 0.0292 e. The van der Waals surface area contributed by atoms with Crippen LogP contribution in [0.2, 0.25) is 0 Å². The van der Waals surface area contributed by atoms with Gasteiger partial charge in [0.25, 0.3) is 0 Å². The first kappa shape index (κ1) is 17.4. The highest BCUT2D eigenvalue weighted by molar-refractivity contribution is 5.04. The van der Waals surface area contributed by atoms with Gasteiger partial charge in [0.2, 0.25) is 0 Å². The first-order valence-electron chi connectivity index (χ1n) is 9.66. The molecule has 2 saturated carbocycles. The van der Waals surface area contributed by atoms with Gasteiger partial charge in [-0.15, -0.1) is 0 Å². The Morgan fingerprint density at radius 3 is 2.10 bits per heavy atom. The van der Waals surface area contributed by atoms with E-state index in [2.05, 4.69) is 55.4 Å². The molecule has 21 heavy (non-hydrogen) atoms. The van der Waals surface area contributed by atoms with E-state index < -0.39 is 0 Å². The zero-order chi connectivity index (χ0) is 16.0. The second-order valence-corrected chi connectivity index (χ2v) is 9.77. The molecule has 0 heteroatoms. The summed E-state index contributed by atoms with van der Waals surface area (Å²) < 4.78 is 0. The van der Waals surface area contributed by atoms with Gasteiger partial charge in [-0.25, -0.2) is 0 Å². The zero-order valence-electron chi connectivity index (χ0n) is 16.0. The van der Waals surface area contributed by atoms with Crippen molar-refractivity contribution in [2.75, 3.05) is 0 Å². The monoisotopic (exact) mass is 292 g/mol. The summed E-state index contributed by atoms with van der Waals surface area (Å²) in [6.45, 7) is 20.3. The van der Waals surface area contributed by atoms with Crippen LogP contribution in [0.4, 0.5) is 0 Å². The second kappa shape index (κ2) is 5.89. The van der Waals surface area contributed by atoms with E-state index in [1.54, 1.807) is 0 Å². The van der Waals surface area contributed by atoms with Crippen LogP contribution in [0, 0.1) is 46.3 Å². The van der Waals surface area contributed by atoms with Crippen LogP contribution < -0.4 is 0 Å². The fraction of sp³-hybridized carbons (Fsp3) is 1.00. The Balaban J connectivity index is 2.46. The van der Waals surface area contributed by atoms with Crippen molar-refractivity contribution in [2.45, 2.75) is 87.5 Å². The third-order valence-corrected chi connectivity index (χ3v) is 7.86. The number of hydrogen-bond acceptors (Lipinski definition) is 0. The van der Waals surface area contributed by atoms with Gasteiger partial charge in [0.1, 0.15) is 0 Å². The van der Waals surface area contributed by atoms with Gasteiger partial charge in [-0.3, -0.25) is 0 Å². The van der Waals surface area contributed by atoms with Crippen molar-refractivity contribution in [1.82, 2.24) is 0 Å². The van der Waals surface area contributed by atoms with Crippen molar-refractivity contribution in [2.24, 2.45) is 46.3 Å². The summed E-state index contributed by atoms with van der Waals surface area (Å²) in [6.07, 6.45) is 7.13. The van der Waals surface area contributed by atoms with Crippen molar-refractivity contribution in [3.05, 3.63) is 0 Å². The molecule has 0 nitrogen and oxygen atoms in total. The average molecular weight is 293 g/mol. The zero-order valence-corrected chi connectivity index (χ0v) is 16.0. The average Bonchev–Trinajstić information content (AvgIpc) is 2.67. The summed E-state index contributed by atoms with van der Waals surface area (Å²) in [6, 6.07) is 0. The minimum atomic E-state index is 0.500. The summed E-state index contributed by atoms with van der Waals surface area (Å²) in [5.74, 6) is 5.51. The number of fused-ring (bicyclic) bond motifs is 2. The van der Waals surface area contributed by atoms with Crippen LogP contribution in [-0.4, -0.2) is 0 Å². The van der Waals surface area contributed by atoms with Crippen molar-refractivity contribution < 1.29 is 0 Å². The van der Waals surface area contributed by atoms with Gasteiger partial charge in [0.15, 0.2) is 0 Å². The summed E-state index contributed by atoms with van der Waals surface area (Å²) in [5.41, 5.74) is 1.04. The minimum absolute atomic E-state index is 0.500. The lowest BCUT2D eigenvalue weighted by atomic mass is 9.52. The molecule has 2 rings (SSSR count). The molecule has 0 amide bonds. The third kappa shape index (κ3) is 2.81. The van der Waals surface area contributed by atoms with Gasteiger partial charge in [0, 0.05) is 0 Å². The lowest BCUT2D eigenvalue weighted by Gasteiger charge is -2.53. The predicted molar refractivity (Wildman–Crippen MR) is 94.3 cm³/mol. The summed E-state index contributed by atoms with van der Waals surface area (Å²) in [4.78, 5) is 0. The normalized spacial score (nSPS) is 43.1. The van der Waals surface area contributed by atoms with Crippen LogP contribution in [0.3, 0.4) is 0 Å². The fourth-order valence-corrected chi connectivity index (χ4v) is 6.95. The standard InChI is InChI=1S/C21H40/c1-9-14(3)19-18-12-11-17(21(18,7)8)16(10-2)15(4)13-20(19,5)6/h14-19H,9-13H2,1-8H3. The molecular formula is C21H40. The maximum Gasteiger partial charge on any atom is -0.0292 e. The molecule has 0 aromatic heterocycles. The van der Waals surface area contributed by atoms with E-state index in [-0.39, 0.29) is 0 Å². The van der Waals surface area contributed by atoms with Crippen LogP contribution in [-0.2, 0) is 0 Å². The Labute approximate surface area is 134 Å². The molecule has 0 radical (unpaired) electrons. The molecule has 0 aromatic rings. The maximum atomic E-state index is 2.61. The van der Waals surface area contributed by atoms with E-state index in [9.17, 15) is 0 Å². The molecule has 124 valence electrons. The molecule has 0 N–H and O–H groups in total. The Hall–Kier alpha value is 0. The quantitative estimate of drug-likeness (QED) is 0.537. The Kier molecular flexibility index (Phi) is 4.87. The van der Waals surface area contributed by atoms with Crippen LogP contribution >= 0.6 is 0 Å². The third-order valence-electron chi connectivity index (χ3n) is 7.86. The first-order chi connectivity index (χ1) is 9.66. The van der Waals surface area contributed by atoms with Gasteiger partial charge in [-0.2, -0.15) is 0 Å². The predicted octanol–water partition coefficient (Wildman–Crippen LogP) is 6.79. The first-order valence-corrected chi connectivity index (χ1v) is 9.66. The SMILES string of the molecule is CCC(C)C1C2CCC(C(CC)C(C)CC1(C)C)C2(C)C. The van der Waals surface area contributed by atoms with Crippen LogP contribution in [0.5, 0.6) is 0 Å². The van der Waals surface area contributed by atoms with Gasteiger partial charge in [-0.1, -0.05) is 68.2 Å². The fourth-order valence-electron chi connectivity index (χ4n) is 6.95. The lowest BCUT2D eigenvalue weighted by molar-refractivity contribution is -0.0445. The second-order valence-electron chi connectivity index (χ2n) is 9.77. The number of rotatable bonds is 3. The van der Waals surface area contributed by atoms with Crippen molar-refractivity contribution >= 4 is 0 Å². The van der Waals surface area contributed by atoms with Crippen LogP contribution in [0.25, 0.3) is 0 Å². The van der Waals surface area contributed by atoms with Gasteiger partial charge < -0.3 is 0 Å². The Bertz CT molecular complexity index is 351. The molecule has 0 aromatic carbocycles. The highest BCUT2D eigenvalue weighted by atomic mass is 14.6. The minimum Gasteiger partial charge on any atom is -0.0651 e. The molecule has 6 unspecified atom stereocenters. The summed E-state index contributed by atoms with van der Waals surface area (Å²) in [5, 5.41) is 0. The van der Waals surface area contributed by atoms with Crippen molar-refractivity contribution in [3.63, 3.8) is 0 Å². The molecule has 0 saturated heterocycles. The molecule has 2 aliphatic carbocycles. The van der Waals surface area contributed by atoms with Gasteiger partial charge >= 0.3 is 0 Å². The van der Waals surface area contributed by atoms with Gasteiger partial charge in [0.05, 0.1) is 0 Å². The lowest BCUT2D eigenvalue weighted by Crippen LogP contribution is -2.46. The summed E-state index contributed by atoms with van der Waals surface area (Å²) in [7, 11) is 0. The van der Waals surface area contributed by atoms with Crippen LogP contribution in [0.1, 0.15) is 87.5 Å². The molecule has 6 atom stereocenters. The number of hydrogen-bond donors (Lipinski definition) is 0. The Morgan fingerprint density at radius 2 is 1.57 bits per heavy atom. The Morgan fingerprint density at radius 1 is 1.00 bits per heavy atom. The highest BCUT2D eigenvalue weighted by Gasteiger charge is 2.55.